The summed E-state index contributed by atoms with van der Waals surface area (Å²) in [6.07, 6.45) is 3.41. The van der Waals surface area contributed by atoms with Crippen LogP contribution >= 0.6 is 11.6 Å². The Hall–Kier alpha value is -1.41. The lowest BCUT2D eigenvalue weighted by Gasteiger charge is -2.16. The van der Waals surface area contributed by atoms with Crippen LogP contribution < -0.4 is 5.32 Å². The molecule has 1 N–H and O–H groups in total. The summed E-state index contributed by atoms with van der Waals surface area (Å²) in [6, 6.07) is 8.00. The Morgan fingerprint density at radius 3 is 2.75 bits per heavy atom. The van der Waals surface area contributed by atoms with Gasteiger partial charge in [0.2, 0.25) is 0 Å². The molecule has 1 aromatic heterocycles. The topological polar surface area (TPSA) is 25.2 Å². The molecule has 0 spiro atoms. The van der Waals surface area contributed by atoms with E-state index in [1.807, 2.05) is 31.2 Å². The van der Waals surface area contributed by atoms with Gasteiger partial charge < -0.3 is 9.73 Å². The van der Waals surface area contributed by atoms with Crippen molar-refractivity contribution < 1.29 is 4.42 Å². The average molecular weight is 236 g/mol. The predicted molar refractivity (Wildman–Crippen MR) is 66.9 cm³/mol. The first-order chi connectivity index (χ1) is 7.68. The van der Waals surface area contributed by atoms with E-state index in [1.54, 1.807) is 12.5 Å². The molecule has 2 rings (SSSR count). The lowest BCUT2D eigenvalue weighted by Crippen LogP contribution is -2.07. The van der Waals surface area contributed by atoms with E-state index in [9.17, 15) is 0 Å². The Kier molecular flexibility index (Phi) is 3.20. The largest absolute Gasteiger partial charge is 0.472 e. The number of anilines is 1. The number of hydrogen-bond acceptors (Lipinski definition) is 2. The molecule has 0 amide bonds. The quantitative estimate of drug-likeness (QED) is 0.852. The highest BCUT2D eigenvalue weighted by Crippen LogP contribution is 2.29. The van der Waals surface area contributed by atoms with E-state index in [0.29, 0.717) is 0 Å². The standard InChI is InChI=1S/C13H14ClNO/c1-9-4-3-5-12(14)13(9)15-10(2)11-6-7-16-8-11/h3-8,10,15H,1-2H3. The van der Waals surface area contributed by atoms with Crippen LogP contribution in [0.5, 0.6) is 0 Å². The van der Waals surface area contributed by atoms with Gasteiger partial charge in [-0.2, -0.15) is 0 Å². The van der Waals surface area contributed by atoms with Gasteiger partial charge in [-0.25, -0.2) is 0 Å². The number of nitrogens with one attached hydrogen (secondary N) is 1. The number of furan rings is 1. The molecule has 0 aliphatic carbocycles. The Balaban J connectivity index is 2.21. The fourth-order valence-electron chi connectivity index (χ4n) is 1.64. The summed E-state index contributed by atoms with van der Waals surface area (Å²) in [7, 11) is 0. The molecular formula is C13H14ClNO. The van der Waals surface area contributed by atoms with Crippen molar-refractivity contribution in [3.05, 3.63) is 52.9 Å². The van der Waals surface area contributed by atoms with Crippen molar-refractivity contribution in [2.75, 3.05) is 5.32 Å². The molecule has 84 valence electrons. The van der Waals surface area contributed by atoms with Crippen molar-refractivity contribution in [3.8, 4) is 0 Å². The van der Waals surface area contributed by atoms with Crippen LogP contribution in [-0.4, -0.2) is 0 Å². The third kappa shape index (κ3) is 2.22. The number of rotatable bonds is 3. The second-order valence-electron chi connectivity index (χ2n) is 3.85. The smallest absolute Gasteiger partial charge is 0.0955 e. The van der Waals surface area contributed by atoms with Crippen molar-refractivity contribution in [1.82, 2.24) is 0 Å². The van der Waals surface area contributed by atoms with Crippen LogP contribution in [0.15, 0.2) is 41.2 Å². The van der Waals surface area contributed by atoms with Gasteiger partial charge in [0.1, 0.15) is 0 Å². The van der Waals surface area contributed by atoms with Gasteiger partial charge >= 0.3 is 0 Å². The minimum Gasteiger partial charge on any atom is -0.472 e. The van der Waals surface area contributed by atoms with Crippen molar-refractivity contribution >= 4 is 17.3 Å². The van der Waals surface area contributed by atoms with Gasteiger partial charge in [0, 0.05) is 5.56 Å². The molecule has 0 saturated carbocycles. The SMILES string of the molecule is Cc1cccc(Cl)c1NC(C)c1ccoc1. The zero-order valence-corrected chi connectivity index (χ0v) is 10.1. The predicted octanol–water partition coefficient (Wildman–Crippen LogP) is 4.41. The summed E-state index contributed by atoms with van der Waals surface area (Å²) in [6.45, 7) is 4.12. The van der Waals surface area contributed by atoms with Gasteiger partial charge in [-0.1, -0.05) is 23.7 Å². The third-order valence-electron chi connectivity index (χ3n) is 2.63. The fourth-order valence-corrected chi connectivity index (χ4v) is 1.91. The molecule has 0 radical (unpaired) electrons. The van der Waals surface area contributed by atoms with Crippen LogP contribution in [0, 0.1) is 6.92 Å². The molecule has 1 atom stereocenters. The van der Waals surface area contributed by atoms with E-state index < -0.39 is 0 Å². The number of para-hydroxylation sites is 1. The molecule has 1 aromatic carbocycles. The van der Waals surface area contributed by atoms with Gasteiger partial charge in [0.05, 0.1) is 29.3 Å². The van der Waals surface area contributed by atoms with E-state index in [4.69, 9.17) is 16.0 Å². The van der Waals surface area contributed by atoms with Crippen molar-refractivity contribution in [2.45, 2.75) is 19.9 Å². The van der Waals surface area contributed by atoms with Gasteiger partial charge in [-0.05, 0) is 31.5 Å². The van der Waals surface area contributed by atoms with E-state index in [2.05, 4.69) is 12.2 Å². The molecule has 1 unspecified atom stereocenters. The molecule has 2 nitrogen and oxygen atoms in total. The van der Waals surface area contributed by atoms with Crippen LogP contribution in [0.3, 0.4) is 0 Å². The molecule has 0 aliphatic heterocycles. The van der Waals surface area contributed by atoms with Gasteiger partial charge in [0.15, 0.2) is 0 Å². The Bertz CT molecular complexity index is 445. The van der Waals surface area contributed by atoms with Crippen molar-refractivity contribution in [1.29, 1.82) is 0 Å². The summed E-state index contributed by atoms with van der Waals surface area (Å²) in [4.78, 5) is 0. The number of halogens is 1. The normalized spacial score (nSPS) is 12.4. The van der Waals surface area contributed by atoms with E-state index >= 15 is 0 Å². The Labute approximate surface area is 100 Å². The summed E-state index contributed by atoms with van der Waals surface area (Å²) >= 11 is 6.15. The molecule has 0 fully saturated rings. The summed E-state index contributed by atoms with van der Waals surface area (Å²) in [5, 5.41) is 4.13. The molecule has 0 bridgehead atoms. The average Bonchev–Trinajstić information content (AvgIpc) is 2.76. The lowest BCUT2D eigenvalue weighted by molar-refractivity contribution is 0.562. The van der Waals surface area contributed by atoms with Crippen molar-refractivity contribution in [3.63, 3.8) is 0 Å². The van der Waals surface area contributed by atoms with Crippen LogP contribution in [0.25, 0.3) is 0 Å². The van der Waals surface area contributed by atoms with E-state index in [-0.39, 0.29) is 6.04 Å². The maximum Gasteiger partial charge on any atom is 0.0955 e. The molecule has 2 aromatic rings. The van der Waals surface area contributed by atoms with E-state index in [0.717, 1.165) is 21.8 Å². The van der Waals surface area contributed by atoms with E-state index in [1.165, 1.54) is 0 Å². The van der Waals surface area contributed by atoms with Crippen LogP contribution in [0.4, 0.5) is 5.69 Å². The highest BCUT2D eigenvalue weighted by atomic mass is 35.5. The summed E-state index contributed by atoms with van der Waals surface area (Å²) in [5.41, 5.74) is 3.24. The first-order valence-electron chi connectivity index (χ1n) is 5.22. The molecule has 0 saturated heterocycles. The minimum absolute atomic E-state index is 0.178. The number of hydrogen-bond donors (Lipinski definition) is 1. The Morgan fingerprint density at radius 1 is 1.31 bits per heavy atom. The summed E-state index contributed by atoms with van der Waals surface area (Å²) < 4.78 is 5.06. The second kappa shape index (κ2) is 4.62. The first-order valence-corrected chi connectivity index (χ1v) is 5.60. The van der Waals surface area contributed by atoms with Gasteiger partial charge in [0.25, 0.3) is 0 Å². The zero-order valence-electron chi connectivity index (χ0n) is 9.33. The van der Waals surface area contributed by atoms with Crippen LogP contribution in [0.2, 0.25) is 5.02 Å². The zero-order chi connectivity index (χ0) is 11.5. The second-order valence-corrected chi connectivity index (χ2v) is 4.26. The fraction of sp³-hybridized carbons (Fsp3) is 0.231. The van der Waals surface area contributed by atoms with Gasteiger partial charge in [-0.15, -0.1) is 0 Å². The molecular weight excluding hydrogens is 222 g/mol. The molecule has 3 heteroatoms. The summed E-state index contributed by atoms with van der Waals surface area (Å²) in [5.74, 6) is 0. The maximum absolute atomic E-state index is 6.15. The third-order valence-corrected chi connectivity index (χ3v) is 2.94. The van der Waals surface area contributed by atoms with Gasteiger partial charge in [-0.3, -0.25) is 0 Å². The number of aryl methyl sites for hydroxylation is 1. The Morgan fingerprint density at radius 2 is 2.12 bits per heavy atom. The maximum atomic E-state index is 6.15. The molecule has 0 aliphatic rings. The lowest BCUT2D eigenvalue weighted by atomic mass is 10.1. The highest BCUT2D eigenvalue weighted by Gasteiger charge is 2.10. The van der Waals surface area contributed by atoms with Crippen LogP contribution in [-0.2, 0) is 0 Å². The monoisotopic (exact) mass is 235 g/mol. The minimum atomic E-state index is 0.178. The number of benzene rings is 1. The molecule has 1 heterocycles. The van der Waals surface area contributed by atoms with Crippen molar-refractivity contribution in [2.24, 2.45) is 0 Å². The first kappa shape index (κ1) is 11.1. The highest BCUT2D eigenvalue weighted by molar-refractivity contribution is 6.33. The van der Waals surface area contributed by atoms with Crippen LogP contribution in [0.1, 0.15) is 24.1 Å². The molecule has 16 heavy (non-hydrogen) atoms.